The van der Waals surface area contributed by atoms with E-state index >= 15 is 0 Å². The second kappa shape index (κ2) is 11.8. The number of halogens is 1. The first-order valence-corrected chi connectivity index (χ1v) is 11.1. The largest absolute Gasteiger partial charge is 0.372 e. The van der Waals surface area contributed by atoms with Crippen LogP contribution in [0.1, 0.15) is 45.6 Å². The Labute approximate surface area is 198 Å². The minimum Gasteiger partial charge on any atom is -0.372 e. The molecule has 0 aliphatic carbocycles. The van der Waals surface area contributed by atoms with Crippen molar-refractivity contribution in [3.63, 3.8) is 0 Å². The summed E-state index contributed by atoms with van der Waals surface area (Å²) in [7, 11) is 1.79. The standard InChI is InChI=1S/C23H37N5O.HI/c1-17(2)22(29)28-14-11-20(16-28)26-23(24-4)25-15-19-5-7-21(8-6-19)27-12-9-18(3)10-13-27;/h5-8,17-18,20H,9-16H2,1-4H3,(H2,24,25,26);1H. The number of hydrogen-bond donors (Lipinski definition) is 2. The Morgan fingerprint density at radius 2 is 1.80 bits per heavy atom. The average Bonchev–Trinajstić information content (AvgIpc) is 3.20. The van der Waals surface area contributed by atoms with Gasteiger partial charge in [-0.3, -0.25) is 9.79 Å². The van der Waals surface area contributed by atoms with Crippen LogP contribution in [-0.4, -0.2) is 56.0 Å². The van der Waals surface area contributed by atoms with Gasteiger partial charge in [0.1, 0.15) is 0 Å². The number of anilines is 1. The summed E-state index contributed by atoms with van der Waals surface area (Å²) < 4.78 is 0. The van der Waals surface area contributed by atoms with Gasteiger partial charge in [-0.2, -0.15) is 0 Å². The van der Waals surface area contributed by atoms with Crippen molar-refractivity contribution in [3.05, 3.63) is 29.8 Å². The van der Waals surface area contributed by atoms with Gasteiger partial charge in [-0.1, -0.05) is 32.9 Å². The van der Waals surface area contributed by atoms with E-state index in [-0.39, 0.29) is 41.8 Å². The number of aliphatic imine (C=N–C) groups is 1. The third kappa shape index (κ3) is 6.75. The first kappa shape index (κ1) is 24.8. The molecule has 2 aliphatic rings. The number of nitrogens with one attached hydrogen (secondary N) is 2. The maximum atomic E-state index is 12.2. The van der Waals surface area contributed by atoms with Crippen molar-refractivity contribution in [2.24, 2.45) is 16.8 Å². The molecule has 0 radical (unpaired) electrons. The van der Waals surface area contributed by atoms with Gasteiger partial charge in [0, 0.05) is 57.4 Å². The van der Waals surface area contributed by atoms with Crippen LogP contribution in [0.4, 0.5) is 5.69 Å². The predicted octanol–water partition coefficient (Wildman–Crippen LogP) is 3.46. The fraction of sp³-hybridized carbons (Fsp3) is 0.652. The number of hydrogen-bond acceptors (Lipinski definition) is 3. The van der Waals surface area contributed by atoms with Crippen molar-refractivity contribution in [1.82, 2.24) is 15.5 Å². The number of piperidine rings is 1. The lowest BCUT2D eigenvalue weighted by atomic mass is 9.99. The Balaban J connectivity index is 0.00000320. The third-order valence-corrected chi connectivity index (χ3v) is 6.10. The molecule has 0 saturated carbocycles. The molecule has 0 bridgehead atoms. The first-order valence-electron chi connectivity index (χ1n) is 11.1. The molecule has 2 fully saturated rings. The lowest BCUT2D eigenvalue weighted by Crippen LogP contribution is -2.45. The molecule has 30 heavy (non-hydrogen) atoms. The highest BCUT2D eigenvalue weighted by atomic mass is 127. The van der Waals surface area contributed by atoms with Crippen molar-refractivity contribution in [3.8, 4) is 0 Å². The Morgan fingerprint density at radius 1 is 1.13 bits per heavy atom. The van der Waals surface area contributed by atoms with Crippen LogP contribution in [0.25, 0.3) is 0 Å². The molecule has 0 spiro atoms. The van der Waals surface area contributed by atoms with E-state index < -0.39 is 0 Å². The van der Waals surface area contributed by atoms with Crippen LogP contribution in [-0.2, 0) is 11.3 Å². The predicted molar refractivity (Wildman–Crippen MR) is 136 cm³/mol. The summed E-state index contributed by atoms with van der Waals surface area (Å²) in [5.41, 5.74) is 2.56. The number of rotatable bonds is 5. The molecule has 2 aliphatic heterocycles. The van der Waals surface area contributed by atoms with Crippen LogP contribution in [0.2, 0.25) is 0 Å². The fourth-order valence-electron chi connectivity index (χ4n) is 4.11. The molecule has 2 saturated heterocycles. The molecule has 2 heterocycles. The maximum Gasteiger partial charge on any atom is 0.225 e. The summed E-state index contributed by atoms with van der Waals surface area (Å²) in [6.07, 6.45) is 3.53. The zero-order valence-electron chi connectivity index (χ0n) is 18.9. The van der Waals surface area contributed by atoms with E-state index in [2.05, 4.69) is 51.7 Å². The second-order valence-electron chi connectivity index (χ2n) is 8.83. The van der Waals surface area contributed by atoms with E-state index in [1.54, 1.807) is 7.05 Å². The Morgan fingerprint density at radius 3 is 2.40 bits per heavy atom. The SMILES string of the molecule is CN=C(NCc1ccc(N2CCC(C)CC2)cc1)NC1CCN(C(=O)C(C)C)C1.I. The molecule has 6 nitrogen and oxygen atoms in total. The highest BCUT2D eigenvalue weighted by Crippen LogP contribution is 2.23. The summed E-state index contributed by atoms with van der Waals surface area (Å²) in [4.78, 5) is 21.0. The first-order chi connectivity index (χ1) is 14.0. The lowest BCUT2D eigenvalue weighted by molar-refractivity contribution is -0.133. The molecule has 0 aromatic heterocycles. The number of guanidine groups is 1. The molecule has 1 aromatic carbocycles. The maximum absolute atomic E-state index is 12.2. The van der Waals surface area contributed by atoms with Gasteiger partial charge in [-0.25, -0.2) is 0 Å². The quantitative estimate of drug-likeness (QED) is 0.350. The molecular weight excluding hydrogens is 489 g/mol. The second-order valence-corrected chi connectivity index (χ2v) is 8.83. The molecule has 1 atom stereocenters. The Hall–Kier alpha value is -1.51. The van der Waals surface area contributed by atoms with E-state index in [1.165, 1.54) is 24.1 Å². The Kier molecular flexibility index (Phi) is 9.71. The third-order valence-electron chi connectivity index (χ3n) is 6.10. The molecule has 1 unspecified atom stereocenters. The number of benzene rings is 1. The summed E-state index contributed by atoms with van der Waals surface area (Å²) in [5, 5.41) is 6.87. The van der Waals surface area contributed by atoms with E-state index in [0.717, 1.165) is 51.0 Å². The van der Waals surface area contributed by atoms with E-state index in [4.69, 9.17) is 0 Å². The van der Waals surface area contributed by atoms with Gasteiger partial charge in [0.25, 0.3) is 0 Å². The lowest BCUT2D eigenvalue weighted by Gasteiger charge is -2.32. The van der Waals surface area contributed by atoms with E-state index in [0.29, 0.717) is 0 Å². The topological polar surface area (TPSA) is 60.0 Å². The van der Waals surface area contributed by atoms with Gasteiger partial charge in [0.2, 0.25) is 5.91 Å². The van der Waals surface area contributed by atoms with Gasteiger partial charge in [0.15, 0.2) is 5.96 Å². The Bertz CT molecular complexity index is 698. The number of likely N-dealkylation sites (tertiary alicyclic amines) is 1. The van der Waals surface area contributed by atoms with E-state index in [9.17, 15) is 4.79 Å². The molecule has 168 valence electrons. The summed E-state index contributed by atoms with van der Waals surface area (Å²) in [6, 6.07) is 9.12. The van der Waals surface area contributed by atoms with Crippen molar-refractivity contribution in [2.75, 3.05) is 38.1 Å². The van der Waals surface area contributed by atoms with Crippen LogP contribution in [0.15, 0.2) is 29.3 Å². The van der Waals surface area contributed by atoms with Crippen LogP contribution in [0.5, 0.6) is 0 Å². The zero-order valence-corrected chi connectivity index (χ0v) is 21.2. The minimum absolute atomic E-state index is 0. The molecule has 3 rings (SSSR count). The highest BCUT2D eigenvalue weighted by Gasteiger charge is 2.27. The van der Waals surface area contributed by atoms with Crippen molar-refractivity contribution < 1.29 is 4.79 Å². The minimum atomic E-state index is 0. The molecule has 7 heteroatoms. The number of amides is 1. The zero-order chi connectivity index (χ0) is 20.8. The van der Waals surface area contributed by atoms with Gasteiger partial charge in [-0.15, -0.1) is 24.0 Å². The van der Waals surface area contributed by atoms with Gasteiger partial charge in [0.05, 0.1) is 0 Å². The van der Waals surface area contributed by atoms with Crippen molar-refractivity contribution >= 4 is 41.5 Å². The average molecular weight is 527 g/mol. The smallest absolute Gasteiger partial charge is 0.225 e. The van der Waals surface area contributed by atoms with E-state index in [1.807, 2.05) is 18.7 Å². The normalized spacial score (nSPS) is 20.3. The fourth-order valence-corrected chi connectivity index (χ4v) is 4.11. The number of carbonyl (C=O) groups is 1. The molecule has 2 N–H and O–H groups in total. The molecular formula is C23H38IN5O. The van der Waals surface area contributed by atoms with Crippen LogP contribution in [0, 0.1) is 11.8 Å². The summed E-state index contributed by atoms with van der Waals surface area (Å²) in [5.74, 6) is 1.94. The summed E-state index contributed by atoms with van der Waals surface area (Å²) >= 11 is 0. The van der Waals surface area contributed by atoms with Crippen LogP contribution in [0.3, 0.4) is 0 Å². The van der Waals surface area contributed by atoms with Gasteiger partial charge >= 0.3 is 0 Å². The van der Waals surface area contributed by atoms with Crippen molar-refractivity contribution in [1.29, 1.82) is 0 Å². The monoisotopic (exact) mass is 527 g/mol. The van der Waals surface area contributed by atoms with Crippen LogP contribution < -0.4 is 15.5 Å². The van der Waals surface area contributed by atoms with Crippen LogP contribution >= 0.6 is 24.0 Å². The molecule has 1 aromatic rings. The number of carbonyl (C=O) groups excluding carboxylic acids is 1. The van der Waals surface area contributed by atoms with Gasteiger partial charge < -0.3 is 20.4 Å². The molecule has 1 amide bonds. The van der Waals surface area contributed by atoms with Gasteiger partial charge in [-0.05, 0) is 42.9 Å². The van der Waals surface area contributed by atoms with Crippen molar-refractivity contribution in [2.45, 2.75) is 52.6 Å². The highest BCUT2D eigenvalue weighted by molar-refractivity contribution is 14.0. The number of nitrogens with zero attached hydrogens (tertiary/aromatic N) is 3. The summed E-state index contributed by atoms with van der Waals surface area (Å²) in [6.45, 7) is 10.9.